The largest absolute Gasteiger partial charge is 0.508 e. The molecule has 1 saturated heterocycles. The van der Waals surface area contributed by atoms with Crippen LogP contribution in [0.5, 0.6) is 5.75 Å². The first-order valence-corrected chi connectivity index (χ1v) is 9.95. The second-order valence-electron chi connectivity index (χ2n) is 7.22. The molecule has 0 aliphatic carbocycles. The summed E-state index contributed by atoms with van der Waals surface area (Å²) in [6.07, 6.45) is 0. The van der Waals surface area contributed by atoms with Crippen LogP contribution in [0.4, 0.5) is 0 Å². The Morgan fingerprint density at radius 3 is 2.63 bits per heavy atom. The molecule has 4 heteroatoms. The molecule has 1 heterocycles. The summed E-state index contributed by atoms with van der Waals surface area (Å²) in [7, 11) is 0. The second-order valence-corrected chi connectivity index (χ2v) is 7.66. The van der Waals surface area contributed by atoms with E-state index < -0.39 is 0 Å². The third-order valence-electron chi connectivity index (χ3n) is 5.64. The van der Waals surface area contributed by atoms with E-state index >= 15 is 0 Å². The molecular weight excluding hydrogens is 356 g/mol. The van der Waals surface area contributed by atoms with Crippen LogP contribution in [-0.2, 0) is 6.54 Å². The van der Waals surface area contributed by atoms with Crippen LogP contribution in [0, 0.1) is 0 Å². The summed E-state index contributed by atoms with van der Waals surface area (Å²) < 4.78 is 0. The minimum Gasteiger partial charge on any atom is -0.508 e. The Balaban J connectivity index is 1.70. The molecule has 1 aliphatic heterocycles. The molecule has 0 spiro atoms. The zero-order valence-electron chi connectivity index (χ0n) is 15.6. The number of hydrogen-bond donors (Lipinski definition) is 1. The number of phenolic OH excluding ortho intramolecular Hbond substituents is 1. The van der Waals surface area contributed by atoms with Crippen molar-refractivity contribution in [2.45, 2.75) is 19.5 Å². The maximum Gasteiger partial charge on any atom is 0.120 e. The summed E-state index contributed by atoms with van der Waals surface area (Å²) in [5, 5.41) is 13.5. The number of halogens is 1. The van der Waals surface area contributed by atoms with Gasteiger partial charge in [0, 0.05) is 42.8 Å². The van der Waals surface area contributed by atoms with E-state index in [1.807, 2.05) is 24.3 Å². The molecule has 0 saturated carbocycles. The zero-order valence-corrected chi connectivity index (χ0v) is 16.4. The van der Waals surface area contributed by atoms with Crippen molar-refractivity contribution in [1.29, 1.82) is 0 Å². The highest BCUT2D eigenvalue weighted by molar-refractivity contribution is 6.31. The van der Waals surface area contributed by atoms with Crippen LogP contribution >= 0.6 is 11.6 Å². The Morgan fingerprint density at radius 1 is 1.04 bits per heavy atom. The summed E-state index contributed by atoms with van der Waals surface area (Å²) in [6.45, 7) is 7.06. The van der Waals surface area contributed by atoms with Crippen molar-refractivity contribution in [1.82, 2.24) is 9.80 Å². The Kier molecular flexibility index (Phi) is 5.35. The maximum absolute atomic E-state index is 10.6. The van der Waals surface area contributed by atoms with Crippen molar-refractivity contribution in [3.8, 4) is 5.75 Å². The van der Waals surface area contributed by atoms with Crippen LogP contribution in [0.15, 0.2) is 60.7 Å². The number of piperazine rings is 1. The molecule has 3 nitrogen and oxygen atoms in total. The van der Waals surface area contributed by atoms with E-state index in [0.29, 0.717) is 11.8 Å². The molecule has 3 aromatic carbocycles. The first kappa shape index (κ1) is 18.3. The average Bonchev–Trinajstić information content (AvgIpc) is 2.71. The lowest BCUT2D eigenvalue weighted by Crippen LogP contribution is -2.47. The molecule has 1 atom stereocenters. The topological polar surface area (TPSA) is 26.7 Å². The van der Waals surface area contributed by atoms with Crippen LogP contribution < -0.4 is 0 Å². The number of fused-ring (bicyclic) bond motifs is 1. The van der Waals surface area contributed by atoms with Gasteiger partial charge in [0.15, 0.2) is 0 Å². The zero-order chi connectivity index (χ0) is 18.8. The van der Waals surface area contributed by atoms with Crippen molar-refractivity contribution in [2.24, 2.45) is 0 Å². The summed E-state index contributed by atoms with van der Waals surface area (Å²) in [6, 6.07) is 20.6. The standard InChI is InChI=1S/C23H25ClN2O/c1-2-25-12-13-26(22(16-25)17-6-4-3-5-7-17)15-21-20-10-9-19(24)14-18(20)8-11-23(21)27/h3-11,14,22,27H,2,12-13,15-16H2,1H3. The molecule has 4 rings (SSSR count). The highest BCUT2D eigenvalue weighted by Gasteiger charge is 2.28. The van der Waals surface area contributed by atoms with Crippen molar-refractivity contribution in [3.63, 3.8) is 0 Å². The molecule has 1 fully saturated rings. The van der Waals surface area contributed by atoms with Crippen molar-refractivity contribution >= 4 is 22.4 Å². The van der Waals surface area contributed by atoms with Gasteiger partial charge in [-0.1, -0.05) is 61.0 Å². The lowest BCUT2D eigenvalue weighted by molar-refractivity contribution is 0.0710. The molecule has 0 aromatic heterocycles. The van der Waals surface area contributed by atoms with Gasteiger partial charge in [-0.15, -0.1) is 0 Å². The molecule has 3 aromatic rings. The monoisotopic (exact) mass is 380 g/mol. The normalized spacial score (nSPS) is 18.8. The summed E-state index contributed by atoms with van der Waals surface area (Å²) in [4.78, 5) is 4.99. The van der Waals surface area contributed by atoms with Gasteiger partial charge in [-0.2, -0.15) is 0 Å². The fourth-order valence-corrected chi connectivity index (χ4v) is 4.25. The summed E-state index contributed by atoms with van der Waals surface area (Å²) in [5.41, 5.74) is 2.31. The van der Waals surface area contributed by atoms with Gasteiger partial charge in [-0.3, -0.25) is 4.90 Å². The van der Waals surface area contributed by atoms with Gasteiger partial charge in [-0.05, 0) is 41.1 Å². The molecule has 0 radical (unpaired) electrons. The predicted molar refractivity (Wildman–Crippen MR) is 112 cm³/mol. The minimum absolute atomic E-state index is 0.321. The van der Waals surface area contributed by atoms with Crippen LogP contribution in [0.3, 0.4) is 0 Å². The Hall–Kier alpha value is -2.07. The van der Waals surface area contributed by atoms with E-state index in [-0.39, 0.29) is 0 Å². The third kappa shape index (κ3) is 3.81. The quantitative estimate of drug-likeness (QED) is 0.683. The van der Waals surface area contributed by atoms with E-state index in [0.717, 1.165) is 54.1 Å². The Morgan fingerprint density at radius 2 is 1.85 bits per heavy atom. The van der Waals surface area contributed by atoms with Crippen molar-refractivity contribution in [3.05, 3.63) is 76.8 Å². The van der Waals surface area contributed by atoms with Gasteiger partial charge in [0.05, 0.1) is 0 Å². The molecule has 1 unspecified atom stereocenters. The number of likely N-dealkylation sites (N-methyl/N-ethyl adjacent to an activating group) is 1. The first-order valence-electron chi connectivity index (χ1n) is 9.57. The van der Waals surface area contributed by atoms with E-state index in [9.17, 15) is 5.11 Å². The van der Waals surface area contributed by atoms with Crippen LogP contribution in [0.1, 0.15) is 24.1 Å². The maximum atomic E-state index is 10.6. The van der Waals surface area contributed by atoms with E-state index in [1.54, 1.807) is 6.07 Å². The molecular formula is C23H25ClN2O. The highest BCUT2D eigenvalue weighted by atomic mass is 35.5. The number of rotatable bonds is 4. The molecule has 1 N–H and O–H groups in total. The van der Waals surface area contributed by atoms with E-state index in [4.69, 9.17) is 11.6 Å². The highest BCUT2D eigenvalue weighted by Crippen LogP contribution is 2.34. The minimum atomic E-state index is 0.321. The van der Waals surface area contributed by atoms with Crippen molar-refractivity contribution < 1.29 is 5.11 Å². The van der Waals surface area contributed by atoms with E-state index in [1.165, 1.54) is 5.56 Å². The summed E-state index contributed by atoms with van der Waals surface area (Å²) in [5.74, 6) is 0.356. The van der Waals surface area contributed by atoms with Crippen molar-refractivity contribution in [2.75, 3.05) is 26.2 Å². The average molecular weight is 381 g/mol. The van der Waals surface area contributed by atoms with Crippen LogP contribution in [-0.4, -0.2) is 41.1 Å². The molecule has 27 heavy (non-hydrogen) atoms. The Labute approximate surface area is 165 Å². The molecule has 1 aliphatic rings. The Bertz CT molecular complexity index is 928. The van der Waals surface area contributed by atoms with Gasteiger partial charge in [-0.25, -0.2) is 0 Å². The number of phenols is 1. The van der Waals surface area contributed by atoms with Gasteiger partial charge in [0.1, 0.15) is 5.75 Å². The van der Waals surface area contributed by atoms with Crippen LogP contribution in [0.2, 0.25) is 5.02 Å². The fourth-order valence-electron chi connectivity index (χ4n) is 4.07. The number of nitrogens with zero attached hydrogens (tertiary/aromatic N) is 2. The molecule has 0 bridgehead atoms. The predicted octanol–water partition coefficient (Wildman–Crippen LogP) is 5.08. The first-order chi connectivity index (χ1) is 13.2. The SMILES string of the molecule is CCN1CCN(Cc2c(O)ccc3cc(Cl)ccc23)C(c2ccccc2)C1. The molecule has 140 valence electrons. The van der Waals surface area contributed by atoms with Gasteiger partial charge in [0.2, 0.25) is 0 Å². The lowest BCUT2D eigenvalue weighted by Gasteiger charge is -2.41. The second kappa shape index (κ2) is 7.89. The number of hydrogen-bond acceptors (Lipinski definition) is 3. The lowest BCUT2D eigenvalue weighted by atomic mass is 9.98. The van der Waals surface area contributed by atoms with Gasteiger partial charge < -0.3 is 10.0 Å². The van der Waals surface area contributed by atoms with Crippen LogP contribution in [0.25, 0.3) is 10.8 Å². The van der Waals surface area contributed by atoms with Gasteiger partial charge in [0.25, 0.3) is 0 Å². The van der Waals surface area contributed by atoms with Gasteiger partial charge >= 0.3 is 0 Å². The third-order valence-corrected chi connectivity index (χ3v) is 5.87. The summed E-state index contributed by atoms with van der Waals surface area (Å²) >= 11 is 6.16. The molecule has 0 amide bonds. The number of benzene rings is 3. The fraction of sp³-hybridized carbons (Fsp3) is 0.304. The van der Waals surface area contributed by atoms with E-state index in [2.05, 4.69) is 47.1 Å². The smallest absolute Gasteiger partial charge is 0.120 e. The number of aromatic hydroxyl groups is 1.